The van der Waals surface area contributed by atoms with Crippen LogP contribution in [0.5, 0.6) is 0 Å². The molecule has 4 rings (SSSR count). The highest BCUT2D eigenvalue weighted by molar-refractivity contribution is 6.10. The molecule has 23 heavy (non-hydrogen) atoms. The maximum atomic E-state index is 11.9. The SMILES string of the molecule is O=C(CO)c1ccc2c3ccccc3n(C3CCCOC3)c2c1. The van der Waals surface area contributed by atoms with Gasteiger partial charge in [-0.05, 0) is 25.0 Å². The van der Waals surface area contributed by atoms with Crippen LogP contribution in [-0.2, 0) is 4.74 Å². The monoisotopic (exact) mass is 309 g/mol. The molecule has 2 aromatic carbocycles. The van der Waals surface area contributed by atoms with Crippen molar-refractivity contribution in [1.29, 1.82) is 0 Å². The first-order valence-electron chi connectivity index (χ1n) is 8.04. The second kappa shape index (κ2) is 5.80. The summed E-state index contributed by atoms with van der Waals surface area (Å²) >= 11 is 0. The summed E-state index contributed by atoms with van der Waals surface area (Å²) in [5, 5.41) is 11.5. The minimum Gasteiger partial charge on any atom is -0.388 e. The van der Waals surface area contributed by atoms with Gasteiger partial charge in [-0.25, -0.2) is 0 Å². The minimum atomic E-state index is -0.460. The molecule has 3 aromatic rings. The zero-order valence-corrected chi connectivity index (χ0v) is 12.9. The molecule has 1 aliphatic heterocycles. The van der Waals surface area contributed by atoms with Crippen molar-refractivity contribution in [2.24, 2.45) is 0 Å². The van der Waals surface area contributed by atoms with Crippen molar-refractivity contribution in [1.82, 2.24) is 4.57 Å². The fourth-order valence-corrected chi connectivity index (χ4v) is 3.59. The van der Waals surface area contributed by atoms with Gasteiger partial charge in [-0.3, -0.25) is 4.79 Å². The van der Waals surface area contributed by atoms with Crippen LogP contribution in [0.2, 0.25) is 0 Å². The Balaban J connectivity index is 2.00. The molecule has 0 spiro atoms. The zero-order chi connectivity index (χ0) is 15.8. The Hall–Kier alpha value is -2.17. The molecule has 1 N–H and O–H groups in total. The Kier molecular flexibility index (Phi) is 3.63. The van der Waals surface area contributed by atoms with E-state index < -0.39 is 6.61 Å². The number of rotatable bonds is 3. The van der Waals surface area contributed by atoms with Crippen LogP contribution in [0.1, 0.15) is 29.2 Å². The van der Waals surface area contributed by atoms with Crippen molar-refractivity contribution in [2.75, 3.05) is 19.8 Å². The highest BCUT2D eigenvalue weighted by Gasteiger charge is 2.21. The highest BCUT2D eigenvalue weighted by Crippen LogP contribution is 2.35. The van der Waals surface area contributed by atoms with Crippen LogP contribution < -0.4 is 0 Å². The van der Waals surface area contributed by atoms with E-state index in [0.29, 0.717) is 12.2 Å². The van der Waals surface area contributed by atoms with Gasteiger partial charge in [-0.15, -0.1) is 0 Å². The second-order valence-corrected chi connectivity index (χ2v) is 6.07. The zero-order valence-electron chi connectivity index (χ0n) is 12.9. The molecule has 2 heterocycles. The van der Waals surface area contributed by atoms with Crippen molar-refractivity contribution < 1.29 is 14.6 Å². The normalized spacial score (nSPS) is 18.6. The van der Waals surface area contributed by atoms with Crippen LogP contribution in [0.4, 0.5) is 0 Å². The number of hydrogen-bond acceptors (Lipinski definition) is 3. The number of Topliss-reactive ketones (excluding diaryl/α,β-unsaturated/α-hetero) is 1. The maximum absolute atomic E-state index is 11.9. The number of aliphatic hydroxyl groups is 1. The number of fused-ring (bicyclic) bond motifs is 3. The quantitative estimate of drug-likeness (QED) is 0.755. The molecule has 4 heteroatoms. The van der Waals surface area contributed by atoms with Gasteiger partial charge in [0.2, 0.25) is 0 Å². The molecule has 118 valence electrons. The van der Waals surface area contributed by atoms with Crippen molar-refractivity contribution in [2.45, 2.75) is 18.9 Å². The first kappa shape index (κ1) is 14.4. The third-order valence-corrected chi connectivity index (χ3v) is 4.68. The number of nitrogens with zero attached hydrogens (tertiary/aromatic N) is 1. The molecular weight excluding hydrogens is 290 g/mol. The van der Waals surface area contributed by atoms with E-state index in [-0.39, 0.29) is 11.8 Å². The average molecular weight is 309 g/mol. The van der Waals surface area contributed by atoms with Crippen LogP contribution in [0.15, 0.2) is 42.5 Å². The molecule has 1 unspecified atom stereocenters. The number of aromatic nitrogens is 1. The lowest BCUT2D eigenvalue weighted by atomic mass is 10.1. The number of benzene rings is 2. The van der Waals surface area contributed by atoms with E-state index in [9.17, 15) is 4.79 Å². The van der Waals surface area contributed by atoms with Gasteiger partial charge in [0.05, 0.1) is 18.2 Å². The van der Waals surface area contributed by atoms with E-state index in [2.05, 4.69) is 16.7 Å². The number of hydrogen-bond donors (Lipinski definition) is 1. The predicted molar refractivity (Wildman–Crippen MR) is 90.0 cm³/mol. The van der Waals surface area contributed by atoms with E-state index >= 15 is 0 Å². The van der Waals surface area contributed by atoms with Crippen molar-refractivity contribution in [3.8, 4) is 0 Å². The molecule has 0 amide bonds. The van der Waals surface area contributed by atoms with Crippen molar-refractivity contribution >= 4 is 27.6 Å². The van der Waals surface area contributed by atoms with Gasteiger partial charge in [0.15, 0.2) is 5.78 Å². The van der Waals surface area contributed by atoms with Crippen LogP contribution in [-0.4, -0.2) is 35.3 Å². The number of ether oxygens (including phenoxy) is 1. The highest BCUT2D eigenvalue weighted by atomic mass is 16.5. The summed E-state index contributed by atoms with van der Waals surface area (Å²) in [5.74, 6) is -0.247. The van der Waals surface area contributed by atoms with Gasteiger partial charge in [-0.1, -0.05) is 30.3 Å². The summed E-state index contributed by atoms with van der Waals surface area (Å²) in [6.45, 7) is 1.06. The van der Waals surface area contributed by atoms with E-state index in [0.717, 1.165) is 30.4 Å². The number of carbonyl (C=O) groups excluding carboxylic acids is 1. The van der Waals surface area contributed by atoms with Gasteiger partial charge in [0.1, 0.15) is 6.61 Å². The van der Waals surface area contributed by atoms with Gasteiger partial charge < -0.3 is 14.4 Å². The Bertz CT molecular complexity index is 875. The summed E-state index contributed by atoms with van der Waals surface area (Å²) in [7, 11) is 0. The predicted octanol–water partition coefficient (Wildman–Crippen LogP) is 3.32. The number of para-hydroxylation sites is 1. The molecule has 0 radical (unpaired) electrons. The fourth-order valence-electron chi connectivity index (χ4n) is 3.59. The number of aliphatic hydroxyl groups excluding tert-OH is 1. The minimum absolute atomic E-state index is 0.247. The van der Waals surface area contributed by atoms with Crippen LogP contribution in [0.25, 0.3) is 21.8 Å². The van der Waals surface area contributed by atoms with Crippen molar-refractivity contribution in [3.05, 3.63) is 48.0 Å². The summed E-state index contributed by atoms with van der Waals surface area (Å²) < 4.78 is 7.98. The average Bonchev–Trinajstić information content (AvgIpc) is 2.95. The molecule has 0 aliphatic carbocycles. The van der Waals surface area contributed by atoms with Crippen LogP contribution >= 0.6 is 0 Å². The van der Waals surface area contributed by atoms with Crippen LogP contribution in [0.3, 0.4) is 0 Å². The summed E-state index contributed by atoms with van der Waals surface area (Å²) in [6.07, 6.45) is 2.12. The molecule has 1 fully saturated rings. The van der Waals surface area contributed by atoms with E-state index in [1.54, 1.807) is 6.07 Å². The van der Waals surface area contributed by atoms with Gasteiger partial charge >= 0.3 is 0 Å². The van der Waals surface area contributed by atoms with E-state index in [1.165, 1.54) is 10.9 Å². The Morgan fingerprint density at radius 1 is 1.17 bits per heavy atom. The summed E-state index contributed by atoms with van der Waals surface area (Å²) in [6, 6.07) is 14.3. The number of ketones is 1. The molecule has 1 saturated heterocycles. The van der Waals surface area contributed by atoms with E-state index in [4.69, 9.17) is 9.84 Å². The standard InChI is InChI=1S/C19H19NO3/c21-11-19(22)13-7-8-16-15-5-1-2-6-17(15)20(18(16)10-13)14-4-3-9-23-12-14/h1-2,5-8,10,14,21H,3-4,9,11-12H2. The molecule has 1 aliphatic rings. The lowest BCUT2D eigenvalue weighted by Crippen LogP contribution is -2.21. The van der Waals surface area contributed by atoms with Crippen molar-refractivity contribution in [3.63, 3.8) is 0 Å². The Morgan fingerprint density at radius 2 is 2.00 bits per heavy atom. The summed E-state index contributed by atoms with van der Waals surface area (Å²) in [5.41, 5.74) is 2.77. The maximum Gasteiger partial charge on any atom is 0.188 e. The first-order chi connectivity index (χ1) is 11.3. The molecule has 4 nitrogen and oxygen atoms in total. The second-order valence-electron chi connectivity index (χ2n) is 6.07. The van der Waals surface area contributed by atoms with E-state index in [1.807, 2.05) is 24.3 Å². The van der Waals surface area contributed by atoms with Gasteiger partial charge in [0.25, 0.3) is 0 Å². The summed E-state index contributed by atoms with van der Waals surface area (Å²) in [4.78, 5) is 11.9. The third kappa shape index (κ3) is 2.35. The molecule has 0 bridgehead atoms. The topological polar surface area (TPSA) is 51.5 Å². The van der Waals surface area contributed by atoms with Crippen LogP contribution in [0, 0.1) is 0 Å². The third-order valence-electron chi connectivity index (χ3n) is 4.68. The Labute approximate surface area is 134 Å². The number of carbonyl (C=O) groups is 1. The molecular formula is C19H19NO3. The molecule has 1 aromatic heterocycles. The lowest BCUT2D eigenvalue weighted by Gasteiger charge is -2.25. The lowest BCUT2D eigenvalue weighted by molar-refractivity contribution is 0.0619. The first-order valence-corrected chi connectivity index (χ1v) is 8.04. The van der Waals surface area contributed by atoms with Gasteiger partial charge in [0, 0.05) is 28.5 Å². The largest absolute Gasteiger partial charge is 0.388 e. The smallest absolute Gasteiger partial charge is 0.188 e. The molecule has 1 atom stereocenters. The molecule has 0 saturated carbocycles. The Morgan fingerprint density at radius 3 is 2.78 bits per heavy atom. The van der Waals surface area contributed by atoms with Gasteiger partial charge in [-0.2, -0.15) is 0 Å². The fraction of sp³-hybridized carbons (Fsp3) is 0.316.